The van der Waals surface area contributed by atoms with Crippen molar-refractivity contribution in [2.75, 3.05) is 23.8 Å². The highest BCUT2D eigenvalue weighted by Crippen LogP contribution is 2.27. The molecular formula is C25H28N4OS2. The van der Waals surface area contributed by atoms with Gasteiger partial charge in [-0.15, -0.1) is 0 Å². The second-order valence-corrected chi connectivity index (χ2v) is 8.07. The standard InChI is InChI=1S/C25H28N4OS2/c26-24(31)28-20-12-9-13-21(18-20)30-17-8-2-7-16-27-25(32)29-23-15-6-5-14-22(23)19-10-3-1-4-11-19/h1,3-6,9-15,18H,2,7-8,16-17H2,(H3,26,28,31)(H2,27,29,32). The lowest BCUT2D eigenvalue weighted by Crippen LogP contribution is -2.29. The molecule has 0 aromatic heterocycles. The van der Waals surface area contributed by atoms with E-state index >= 15 is 0 Å². The van der Waals surface area contributed by atoms with Crippen LogP contribution in [0.15, 0.2) is 78.9 Å². The van der Waals surface area contributed by atoms with Gasteiger partial charge in [0.25, 0.3) is 0 Å². The summed E-state index contributed by atoms with van der Waals surface area (Å²) in [5.41, 5.74) is 9.61. The number of anilines is 2. The summed E-state index contributed by atoms with van der Waals surface area (Å²) in [6, 6.07) is 26.1. The Balaban J connectivity index is 1.34. The van der Waals surface area contributed by atoms with E-state index in [4.69, 9.17) is 34.9 Å². The number of ether oxygens (including phenoxy) is 1. The number of nitrogens with one attached hydrogen (secondary N) is 3. The molecule has 0 amide bonds. The second kappa shape index (κ2) is 12.6. The Hall–Kier alpha value is -3.16. The summed E-state index contributed by atoms with van der Waals surface area (Å²) in [6.45, 7) is 1.47. The normalized spacial score (nSPS) is 10.2. The molecule has 0 unspecified atom stereocenters. The summed E-state index contributed by atoms with van der Waals surface area (Å²) < 4.78 is 5.81. The molecule has 7 heteroatoms. The van der Waals surface area contributed by atoms with Crippen molar-refractivity contribution in [2.24, 2.45) is 5.73 Å². The molecule has 5 N–H and O–H groups in total. The smallest absolute Gasteiger partial charge is 0.170 e. The quantitative estimate of drug-likeness (QED) is 0.232. The van der Waals surface area contributed by atoms with Crippen LogP contribution in [0.5, 0.6) is 5.75 Å². The lowest BCUT2D eigenvalue weighted by molar-refractivity contribution is 0.305. The van der Waals surface area contributed by atoms with Gasteiger partial charge in [0.2, 0.25) is 0 Å². The summed E-state index contributed by atoms with van der Waals surface area (Å²) in [6.07, 6.45) is 3.02. The van der Waals surface area contributed by atoms with E-state index in [2.05, 4.69) is 34.1 Å². The summed E-state index contributed by atoms with van der Waals surface area (Å²) in [7, 11) is 0. The minimum Gasteiger partial charge on any atom is -0.494 e. The van der Waals surface area contributed by atoms with Gasteiger partial charge in [-0.2, -0.15) is 0 Å². The van der Waals surface area contributed by atoms with E-state index in [1.54, 1.807) is 0 Å². The first-order chi connectivity index (χ1) is 15.6. The van der Waals surface area contributed by atoms with Crippen LogP contribution >= 0.6 is 24.4 Å². The maximum Gasteiger partial charge on any atom is 0.170 e. The van der Waals surface area contributed by atoms with E-state index in [0.29, 0.717) is 11.7 Å². The fourth-order valence-electron chi connectivity index (χ4n) is 3.23. The Morgan fingerprint density at radius 1 is 0.812 bits per heavy atom. The minimum absolute atomic E-state index is 0.241. The average Bonchev–Trinajstić information content (AvgIpc) is 2.79. The fourth-order valence-corrected chi connectivity index (χ4v) is 3.56. The van der Waals surface area contributed by atoms with Gasteiger partial charge < -0.3 is 26.4 Å². The van der Waals surface area contributed by atoms with Crippen LogP contribution < -0.4 is 26.4 Å². The van der Waals surface area contributed by atoms with Crippen molar-refractivity contribution in [3.63, 3.8) is 0 Å². The van der Waals surface area contributed by atoms with Gasteiger partial charge in [0.05, 0.1) is 6.61 Å². The topological polar surface area (TPSA) is 71.3 Å². The SMILES string of the molecule is NC(=S)Nc1cccc(OCCCCCNC(=S)Nc2ccccc2-c2ccccc2)c1. The Bertz CT molecular complexity index is 1030. The molecule has 0 fully saturated rings. The Morgan fingerprint density at radius 2 is 1.59 bits per heavy atom. The van der Waals surface area contributed by atoms with Crippen LogP contribution in [0.25, 0.3) is 11.1 Å². The van der Waals surface area contributed by atoms with Crippen LogP contribution in [-0.2, 0) is 0 Å². The number of para-hydroxylation sites is 1. The van der Waals surface area contributed by atoms with E-state index in [1.165, 1.54) is 0 Å². The fraction of sp³-hybridized carbons (Fsp3) is 0.200. The largest absolute Gasteiger partial charge is 0.494 e. The van der Waals surface area contributed by atoms with E-state index in [1.807, 2.05) is 60.7 Å². The van der Waals surface area contributed by atoms with Gasteiger partial charge in [-0.3, -0.25) is 0 Å². The highest BCUT2D eigenvalue weighted by atomic mass is 32.1. The van der Waals surface area contributed by atoms with Gasteiger partial charge in [-0.05, 0) is 67.5 Å². The zero-order valence-electron chi connectivity index (χ0n) is 17.8. The van der Waals surface area contributed by atoms with Crippen LogP contribution in [0.4, 0.5) is 11.4 Å². The maximum atomic E-state index is 5.81. The molecule has 0 saturated heterocycles. The second-order valence-electron chi connectivity index (χ2n) is 7.22. The van der Waals surface area contributed by atoms with Crippen molar-refractivity contribution in [3.05, 3.63) is 78.9 Å². The van der Waals surface area contributed by atoms with Crippen molar-refractivity contribution in [1.29, 1.82) is 0 Å². The van der Waals surface area contributed by atoms with E-state index in [-0.39, 0.29) is 5.11 Å². The lowest BCUT2D eigenvalue weighted by Gasteiger charge is -2.14. The third kappa shape index (κ3) is 7.83. The van der Waals surface area contributed by atoms with Crippen molar-refractivity contribution in [3.8, 4) is 16.9 Å². The average molecular weight is 465 g/mol. The van der Waals surface area contributed by atoms with Gasteiger partial charge in [-0.25, -0.2) is 0 Å². The Kier molecular flexibility index (Phi) is 9.28. The Morgan fingerprint density at radius 3 is 2.41 bits per heavy atom. The molecule has 32 heavy (non-hydrogen) atoms. The summed E-state index contributed by atoms with van der Waals surface area (Å²) in [5, 5.41) is 10.4. The molecule has 3 aromatic rings. The third-order valence-corrected chi connectivity index (χ3v) is 5.09. The molecule has 0 saturated carbocycles. The number of hydrogen-bond donors (Lipinski definition) is 4. The number of rotatable bonds is 10. The third-order valence-electron chi connectivity index (χ3n) is 4.74. The predicted molar refractivity (Wildman–Crippen MR) is 142 cm³/mol. The molecule has 0 aliphatic rings. The van der Waals surface area contributed by atoms with Crippen LogP contribution in [0.3, 0.4) is 0 Å². The zero-order valence-corrected chi connectivity index (χ0v) is 19.5. The molecule has 0 heterocycles. The van der Waals surface area contributed by atoms with Crippen molar-refractivity contribution < 1.29 is 4.74 Å². The number of benzene rings is 3. The lowest BCUT2D eigenvalue weighted by atomic mass is 10.0. The highest BCUT2D eigenvalue weighted by Gasteiger charge is 2.05. The minimum atomic E-state index is 0.241. The first-order valence-electron chi connectivity index (χ1n) is 10.6. The van der Waals surface area contributed by atoms with E-state index < -0.39 is 0 Å². The van der Waals surface area contributed by atoms with Crippen LogP contribution in [0.1, 0.15) is 19.3 Å². The molecule has 3 rings (SSSR count). The molecule has 0 aliphatic carbocycles. The zero-order chi connectivity index (χ0) is 22.6. The van der Waals surface area contributed by atoms with Crippen LogP contribution in [0.2, 0.25) is 0 Å². The molecule has 0 aliphatic heterocycles. The molecule has 166 valence electrons. The van der Waals surface area contributed by atoms with Gasteiger partial charge in [-0.1, -0.05) is 54.6 Å². The summed E-state index contributed by atoms with van der Waals surface area (Å²) >= 11 is 10.3. The first kappa shape index (κ1) is 23.5. The van der Waals surface area contributed by atoms with Gasteiger partial charge in [0.15, 0.2) is 10.2 Å². The molecule has 5 nitrogen and oxygen atoms in total. The first-order valence-corrected chi connectivity index (χ1v) is 11.4. The molecular weight excluding hydrogens is 436 g/mol. The monoisotopic (exact) mass is 464 g/mol. The molecule has 0 spiro atoms. The number of unbranched alkanes of at least 4 members (excludes halogenated alkanes) is 2. The van der Waals surface area contributed by atoms with E-state index in [0.717, 1.165) is 54.1 Å². The van der Waals surface area contributed by atoms with Gasteiger partial charge >= 0.3 is 0 Å². The van der Waals surface area contributed by atoms with Gasteiger partial charge in [0.1, 0.15) is 5.75 Å². The van der Waals surface area contributed by atoms with Crippen molar-refractivity contribution >= 4 is 46.0 Å². The number of nitrogens with two attached hydrogens (primary N) is 1. The van der Waals surface area contributed by atoms with Crippen molar-refractivity contribution in [1.82, 2.24) is 5.32 Å². The Labute approximate surface area is 200 Å². The highest BCUT2D eigenvalue weighted by molar-refractivity contribution is 7.80. The number of thiocarbonyl (C=S) groups is 2. The molecule has 0 radical (unpaired) electrons. The van der Waals surface area contributed by atoms with Gasteiger partial charge in [0, 0.05) is 29.5 Å². The summed E-state index contributed by atoms with van der Waals surface area (Å²) in [4.78, 5) is 0. The van der Waals surface area contributed by atoms with Crippen molar-refractivity contribution in [2.45, 2.75) is 19.3 Å². The number of hydrogen-bond acceptors (Lipinski definition) is 3. The maximum absolute atomic E-state index is 5.81. The summed E-state index contributed by atoms with van der Waals surface area (Å²) in [5.74, 6) is 0.798. The molecule has 0 bridgehead atoms. The van der Waals surface area contributed by atoms with E-state index in [9.17, 15) is 0 Å². The molecule has 0 atom stereocenters. The molecule has 3 aromatic carbocycles. The van der Waals surface area contributed by atoms with Crippen LogP contribution in [0, 0.1) is 0 Å². The van der Waals surface area contributed by atoms with Crippen LogP contribution in [-0.4, -0.2) is 23.4 Å². The predicted octanol–water partition coefficient (Wildman–Crippen LogP) is 5.54.